The molecule has 0 atom stereocenters. The van der Waals surface area contributed by atoms with Crippen LogP contribution in [0.4, 0.5) is 0 Å². The van der Waals surface area contributed by atoms with Crippen LogP contribution in [0.3, 0.4) is 0 Å². The van der Waals surface area contributed by atoms with Crippen LogP contribution in [0.1, 0.15) is 36.3 Å². The van der Waals surface area contributed by atoms with Gasteiger partial charge in [0.1, 0.15) is 16.3 Å². The van der Waals surface area contributed by atoms with E-state index in [4.69, 9.17) is 4.74 Å². The number of aryl methyl sites for hydroxylation is 2. The molecule has 0 fully saturated rings. The fourth-order valence-electron chi connectivity index (χ4n) is 2.87. The van der Waals surface area contributed by atoms with Crippen molar-refractivity contribution < 1.29 is 17.9 Å². The molecule has 0 bridgehead atoms. The van der Waals surface area contributed by atoms with Gasteiger partial charge in [-0.25, -0.2) is 8.42 Å². The molecule has 0 saturated carbocycles. The molecule has 0 aliphatic rings. The van der Waals surface area contributed by atoms with Crippen molar-refractivity contribution in [2.75, 3.05) is 26.2 Å². The monoisotopic (exact) mass is 407 g/mol. The number of benzene rings is 1. The number of sulfonamides is 1. The maximum atomic E-state index is 12.6. The van der Waals surface area contributed by atoms with E-state index >= 15 is 0 Å². The highest BCUT2D eigenvalue weighted by atomic mass is 32.2. The van der Waals surface area contributed by atoms with E-state index in [2.05, 4.69) is 5.32 Å². The lowest BCUT2D eigenvalue weighted by Crippen LogP contribution is -2.30. The summed E-state index contributed by atoms with van der Waals surface area (Å²) in [4.78, 5) is 12.5. The molecule has 7 nitrogen and oxygen atoms in total. The van der Waals surface area contributed by atoms with Gasteiger partial charge >= 0.3 is 0 Å². The molecule has 0 radical (unpaired) electrons. The standard InChI is InChI=1S/C20H29N3O4S/c1-5-23(6-2)28(25,26)18-14-19(22(4)15-18)20(24)21-11-8-12-27-17-10-7-9-16(3)13-17/h7,9-10,13-15H,5-6,8,11-12H2,1-4H3,(H,21,24). The number of carbonyl (C=O) groups is 1. The first-order valence-corrected chi connectivity index (χ1v) is 10.9. The summed E-state index contributed by atoms with van der Waals surface area (Å²) in [6.45, 7) is 7.27. The Labute approximate surface area is 167 Å². The summed E-state index contributed by atoms with van der Waals surface area (Å²) in [5.41, 5.74) is 1.44. The van der Waals surface area contributed by atoms with E-state index < -0.39 is 10.0 Å². The second-order valence-electron chi connectivity index (χ2n) is 6.54. The Morgan fingerprint density at radius 1 is 1.21 bits per heavy atom. The lowest BCUT2D eigenvalue weighted by Gasteiger charge is -2.17. The fourth-order valence-corrected chi connectivity index (χ4v) is 4.40. The number of nitrogens with zero attached hydrogens (tertiary/aromatic N) is 2. The Kier molecular flexibility index (Phi) is 7.65. The van der Waals surface area contributed by atoms with Gasteiger partial charge in [0.2, 0.25) is 10.0 Å². The minimum Gasteiger partial charge on any atom is -0.494 e. The largest absolute Gasteiger partial charge is 0.494 e. The van der Waals surface area contributed by atoms with Gasteiger partial charge in [-0.3, -0.25) is 4.79 Å². The normalized spacial score (nSPS) is 11.6. The van der Waals surface area contributed by atoms with E-state index in [1.807, 2.05) is 31.2 Å². The number of amides is 1. The molecule has 0 unspecified atom stereocenters. The molecule has 2 aromatic rings. The third kappa shape index (κ3) is 5.36. The zero-order valence-corrected chi connectivity index (χ0v) is 17.8. The van der Waals surface area contributed by atoms with Gasteiger partial charge in [0.05, 0.1) is 6.61 Å². The Morgan fingerprint density at radius 3 is 2.57 bits per heavy atom. The molecule has 154 valence electrons. The minimum atomic E-state index is -3.59. The van der Waals surface area contributed by atoms with Crippen molar-refractivity contribution in [2.45, 2.75) is 32.1 Å². The first-order valence-electron chi connectivity index (χ1n) is 9.43. The highest BCUT2D eigenvalue weighted by Crippen LogP contribution is 2.18. The maximum Gasteiger partial charge on any atom is 0.267 e. The first kappa shape index (κ1) is 22.0. The molecule has 8 heteroatoms. The Balaban J connectivity index is 1.90. The van der Waals surface area contributed by atoms with Crippen LogP contribution in [0.2, 0.25) is 0 Å². The second-order valence-corrected chi connectivity index (χ2v) is 8.47. The van der Waals surface area contributed by atoms with Gasteiger partial charge in [0, 0.05) is 32.9 Å². The highest BCUT2D eigenvalue weighted by molar-refractivity contribution is 7.89. The number of carbonyl (C=O) groups excluding carboxylic acids is 1. The quantitative estimate of drug-likeness (QED) is 0.614. The highest BCUT2D eigenvalue weighted by Gasteiger charge is 2.25. The Hall–Kier alpha value is -2.32. The summed E-state index contributed by atoms with van der Waals surface area (Å²) >= 11 is 0. The zero-order chi connectivity index (χ0) is 20.7. The zero-order valence-electron chi connectivity index (χ0n) is 16.9. The Morgan fingerprint density at radius 2 is 1.93 bits per heavy atom. The number of hydrogen-bond acceptors (Lipinski definition) is 4. The molecule has 1 aromatic carbocycles. The van der Waals surface area contributed by atoms with Gasteiger partial charge in [0.15, 0.2) is 0 Å². The van der Waals surface area contributed by atoms with Crippen LogP contribution in [-0.4, -0.2) is 49.4 Å². The molecular weight excluding hydrogens is 378 g/mol. The molecule has 1 N–H and O–H groups in total. The van der Waals surface area contributed by atoms with Crippen molar-refractivity contribution in [2.24, 2.45) is 7.05 Å². The predicted molar refractivity (Wildman–Crippen MR) is 109 cm³/mol. The average molecular weight is 408 g/mol. The predicted octanol–water partition coefficient (Wildman–Crippen LogP) is 2.56. The van der Waals surface area contributed by atoms with Crippen LogP contribution in [0.5, 0.6) is 5.75 Å². The van der Waals surface area contributed by atoms with Gasteiger partial charge in [0.25, 0.3) is 5.91 Å². The number of nitrogens with one attached hydrogen (secondary N) is 1. The van der Waals surface area contributed by atoms with E-state index in [9.17, 15) is 13.2 Å². The van der Waals surface area contributed by atoms with E-state index in [0.717, 1.165) is 11.3 Å². The molecular formula is C20H29N3O4S. The van der Waals surface area contributed by atoms with Crippen LogP contribution in [-0.2, 0) is 17.1 Å². The van der Waals surface area contributed by atoms with Crippen molar-refractivity contribution in [3.05, 3.63) is 47.8 Å². The summed E-state index contributed by atoms with van der Waals surface area (Å²) in [5, 5.41) is 2.81. The minimum absolute atomic E-state index is 0.131. The molecule has 1 heterocycles. The summed E-state index contributed by atoms with van der Waals surface area (Å²) in [5.74, 6) is 0.499. The lowest BCUT2D eigenvalue weighted by molar-refractivity contribution is 0.0943. The third-order valence-electron chi connectivity index (χ3n) is 4.42. The van der Waals surface area contributed by atoms with Crippen LogP contribution < -0.4 is 10.1 Å². The Bertz CT molecular complexity index is 902. The van der Waals surface area contributed by atoms with E-state index in [-0.39, 0.29) is 10.8 Å². The molecule has 0 aliphatic carbocycles. The smallest absolute Gasteiger partial charge is 0.267 e. The van der Waals surface area contributed by atoms with Gasteiger partial charge in [-0.2, -0.15) is 4.31 Å². The fraction of sp³-hybridized carbons (Fsp3) is 0.450. The van der Waals surface area contributed by atoms with Crippen molar-refractivity contribution in [1.29, 1.82) is 0 Å². The average Bonchev–Trinajstić information content (AvgIpc) is 3.05. The number of rotatable bonds is 10. The van der Waals surface area contributed by atoms with E-state index in [1.54, 1.807) is 20.9 Å². The number of aromatic nitrogens is 1. The molecule has 2 rings (SSSR count). The van der Waals surface area contributed by atoms with Gasteiger partial charge in [-0.15, -0.1) is 0 Å². The van der Waals surface area contributed by atoms with E-state index in [1.165, 1.54) is 21.1 Å². The van der Waals surface area contributed by atoms with Crippen LogP contribution in [0.15, 0.2) is 41.4 Å². The van der Waals surface area contributed by atoms with Crippen molar-refractivity contribution in [1.82, 2.24) is 14.2 Å². The molecule has 1 amide bonds. The molecule has 1 aromatic heterocycles. The maximum absolute atomic E-state index is 12.6. The van der Waals surface area contributed by atoms with Crippen LogP contribution in [0.25, 0.3) is 0 Å². The second kappa shape index (κ2) is 9.75. The van der Waals surface area contributed by atoms with Gasteiger partial charge in [-0.1, -0.05) is 26.0 Å². The van der Waals surface area contributed by atoms with Gasteiger partial charge in [-0.05, 0) is 37.1 Å². The van der Waals surface area contributed by atoms with Crippen molar-refractivity contribution in [3.8, 4) is 5.75 Å². The number of ether oxygens (including phenoxy) is 1. The van der Waals surface area contributed by atoms with Crippen LogP contribution >= 0.6 is 0 Å². The SMILES string of the molecule is CCN(CC)S(=O)(=O)c1cc(C(=O)NCCCOc2cccc(C)c2)n(C)c1. The van der Waals surface area contributed by atoms with Crippen LogP contribution in [0, 0.1) is 6.92 Å². The summed E-state index contributed by atoms with van der Waals surface area (Å²) in [6, 6.07) is 9.22. The first-order chi connectivity index (χ1) is 13.3. The molecule has 0 saturated heterocycles. The van der Waals surface area contributed by atoms with E-state index in [0.29, 0.717) is 38.4 Å². The summed E-state index contributed by atoms with van der Waals surface area (Å²) in [6.07, 6.45) is 2.12. The van der Waals surface area contributed by atoms with Crippen molar-refractivity contribution in [3.63, 3.8) is 0 Å². The summed E-state index contributed by atoms with van der Waals surface area (Å²) < 4.78 is 33.8. The molecule has 0 spiro atoms. The lowest BCUT2D eigenvalue weighted by atomic mass is 10.2. The summed E-state index contributed by atoms with van der Waals surface area (Å²) in [7, 11) is -1.92. The topological polar surface area (TPSA) is 80.6 Å². The third-order valence-corrected chi connectivity index (χ3v) is 6.44. The van der Waals surface area contributed by atoms with Crippen molar-refractivity contribution >= 4 is 15.9 Å². The molecule has 28 heavy (non-hydrogen) atoms. The number of hydrogen-bond donors (Lipinski definition) is 1. The van der Waals surface area contributed by atoms with Gasteiger partial charge < -0.3 is 14.6 Å². The molecule has 0 aliphatic heterocycles.